The molecular weight excluding hydrogens is 302 g/mol. The van der Waals surface area contributed by atoms with Crippen LogP contribution in [0.2, 0.25) is 0 Å². The molecule has 0 aromatic heterocycles. The van der Waals surface area contributed by atoms with Gasteiger partial charge in [-0.2, -0.15) is 0 Å². The third-order valence-corrected chi connectivity index (χ3v) is 4.14. The van der Waals surface area contributed by atoms with Crippen molar-refractivity contribution in [2.24, 2.45) is 0 Å². The van der Waals surface area contributed by atoms with E-state index in [1.165, 1.54) is 11.1 Å². The van der Waals surface area contributed by atoms with E-state index >= 15 is 0 Å². The molecule has 0 radical (unpaired) electrons. The summed E-state index contributed by atoms with van der Waals surface area (Å²) in [4.78, 5) is 23.8. The summed E-state index contributed by atoms with van der Waals surface area (Å²) in [6.45, 7) is 8.13. The number of carbonyl (C=O) groups excluding carboxylic acids is 2. The predicted molar refractivity (Wildman–Crippen MR) is 94.0 cm³/mol. The third-order valence-electron chi connectivity index (χ3n) is 4.14. The molecule has 4 heteroatoms. The Morgan fingerprint density at radius 3 is 2.12 bits per heavy atom. The first-order valence-corrected chi connectivity index (χ1v) is 7.94. The molecule has 0 spiro atoms. The lowest BCUT2D eigenvalue weighted by Crippen LogP contribution is -2.28. The van der Waals surface area contributed by atoms with Crippen molar-refractivity contribution in [3.05, 3.63) is 69.8 Å². The van der Waals surface area contributed by atoms with Gasteiger partial charge in [0, 0.05) is 6.54 Å². The second-order valence-electron chi connectivity index (χ2n) is 6.07. The highest BCUT2D eigenvalue weighted by Crippen LogP contribution is 2.11. The van der Waals surface area contributed by atoms with Crippen molar-refractivity contribution in [2.75, 3.05) is 6.61 Å². The summed E-state index contributed by atoms with van der Waals surface area (Å²) in [6, 6.07) is 11.4. The Labute approximate surface area is 142 Å². The molecule has 0 aliphatic heterocycles. The van der Waals surface area contributed by atoms with Crippen molar-refractivity contribution in [1.82, 2.24) is 5.32 Å². The third kappa shape index (κ3) is 4.69. The minimum absolute atomic E-state index is 0.281. The quantitative estimate of drug-likeness (QED) is 0.857. The zero-order valence-corrected chi connectivity index (χ0v) is 14.6. The van der Waals surface area contributed by atoms with Gasteiger partial charge in [0.25, 0.3) is 5.91 Å². The smallest absolute Gasteiger partial charge is 0.338 e. The number of rotatable bonds is 5. The van der Waals surface area contributed by atoms with Crippen molar-refractivity contribution in [3.63, 3.8) is 0 Å². The van der Waals surface area contributed by atoms with Crippen LogP contribution in [0.25, 0.3) is 0 Å². The summed E-state index contributed by atoms with van der Waals surface area (Å²) in [5.41, 5.74) is 6.00. The Balaban J connectivity index is 1.83. The molecule has 0 unspecified atom stereocenters. The molecular formula is C20H23NO3. The Bertz CT molecular complexity index is 765. The van der Waals surface area contributed by atoms with Crippen LogP contribution in [-0.4, -0.2) is 18.5 Å². The average molecular weight is 325 g/mol. The first-order chi connectivity index (χ1) is 11.4. The zero-order chi connectivity index (χ0) is 17.7. The van der Waals surface area contributed by atoms with Crippen LogP contribution < -0.4 is 5.32 Å². The van der Waals surface area contributed by atoms with E-state index < -0.39 is 5.97 Å². The highest BCUT2D eigenvalue weighted by atomic mass is 16.5. The molecule has 1 N–H and O–H groups in total. The van der Waals surface area contributed by atoms with E-state index in [4.69, 9.17) is 4.74 Å². The van der Waals surface area contributed by atoms with Crippen molar-refractivity contribution < 1.29 is 14.3 Å². The van der Waals surface area contributed by atoms with Gasteiger partial charge >= 0.3 is 5.97 Å². The monoisotopic (exact) mass is 325 g/mol. The normalized spacial score (nSPS) is 10.3. The number of benzene rings is 2. The molecule has 0 heterocycles. The summed E-state index contributed by atoms with van der Waals surface area (Å²) in [7, 11) is 0. The fourth-order valence-corrected chi connectivity index (χ4v) is 2.25. The summed E-state index contributed by atoms with van der Waals surface area (Å²) < 4.78 is 5.07. The van der Waals surface area contributed by atoms with Crippen LogP contribution in [-0.2, 0) is 16.1 Å². The fraction of sp³-hybridized carbons (Fsp3) is 0.300. The number of aryl methyl sites for hydroxylation is 4. The molecule has 126 valence electrons. The van der Waals surface area contributed by atoms with Gasteiger partial charge in [0.15, 0.2) is 6.61 Å². The van der Waals surface area contributed by atoms with E-state index in [-0.39, 0.29) is 12.5 Å². The van der Waals surface area contributed by atoms with Crippen LogP contribution in [0.1, 0.15) is 38.2 Å². The minimum Gasteiger partial charge on any atom is -0.452 e. The number of carbonyl (C=O) groups is 2. The van der Waals surface area contributed by atoms with Crippen LogP contribution in [0.4, 0.5) is 0 Å². The first-order valence-electron chi connectivity index (χ1n) is 7.94. The van der Waals surface area contributed by atoms with Crippen molar-refractivity contribution in [2.45, 2.75) is 34.2 Å². The second-order valence-corrected chi connectivity index (χ2v) is 6.07. The molecule has 2 aromatic carbocycles. The summed E-state index contributed by atoms with van der Waals surface area (Å²) in [5.74, 6) is -0.801. The topological polar surface area (TPSA) is 55.4 Å². The van der Waals surface area contributed by atoms with E-state index in [2.05, 4.69) is 5.32 Å². The lowest BCUT2D eigenvalue weighted by Gasteiger charge is -2.09. The van der Waals surface area contributed by atoms with E-state index in [1.54, 1.807) is 12.1 Å². The molecule has 0 atom stereocenters. The number of amides is 1. The number of esters is 1. The maximum absolute atomic E-state index is 12.0. The van der Waals surface area contributed by atoms with Gasteiger partial charge in [-0.3, -0.25) is 4.79 Å². The predicted octanol–water partition coefficient (Wildman–Crippen LogP) is 3.39. The lowest BCUT2D eigenvalue weighted by molar-refractivity contribution is -0.124. The van der Waals surface area contributed by atoms with Crippen LogP contribution in [0.3, 0.4) is 0 Å². The minimum atomic E-state index is -0.487. The number of hydrogen-bond acceptors (Lipinski definition) is 3. The molecule has 2 aromatic rings. The van der Waals surface area contributed by atoms with Crippen molar-refractivity contribution in [3.8, 4) is 0 Å². The molecule has 0 saturated carbocycles. The maximum atomic E-state index is 12.0. The molecule has 0 saturated heterocycles. The largest absolute Gasteiger partial charge is 0.452 e. The molecule has 2 rings (SSSR count). The maximum Gasteiger partial charge on any atom is 0.338 e. The first kappa shape index (κ1) is 17.7. The number of hydrogen-bond donors (Lipinski definition) is 1. The van der Waals surface area contributed by atoms with E-state index in [0.717, 1.165) is 16.7 Å². The standard InChI is InChI=1S/C20H23NO3/c1-13-5-7-17(9-15(13)3)11-21-19(22)12-24-20(23)18-8-6-14(2)16(4)10-18/h5-10H,11-12H2,1-4H3,(H,21,22). The molecule has 4 nitrogen and oxygen atoms in total. The Morgan fingerprint density at radius 1 is 0.875 bits per heavy atom. The van der Waals surface area contributed by atoms with E-state index in [1.807, 2.05) is 52.0 Å². The lowest BCUT2D eigenvalue weighted by atomic mass is 10.1. The van der Waals surface area contributed by atoms with E-state index in [9.17, 15) is 9.59 Å². The molecule has 0 aliphatic rings. The van der Waals surface area contributed by atoms with E-state index in [0.29, 0.717) is 12.1 Å². The van der Waals surface area contributed by atoms with Gasteiger partial charge in [0.05, 0.1) is 5.56 Å². The van der Waals surface area contributed by atoms with Crippen molar-refractivity contribution >= 4 is 11.9 Å². The molecule has 24 heavy (non-hydrogen) atoms. The fourth-order valence-electron chi connectivity index (χ4n) is 2.25. The van der Waals surface area contributed by atoms with Crippen molar-refractivity contribution in [1.29, 1.82) is 0 Å². The van der Waals surface area contributed by atoms with Gasteiger partial charge in [-0.05, 0) is 67.6 Å². The van der Waals surface area contributed by atoms with Crippen LogP contribution in [0.15, 0.2) is 36.4 Å². The number of ether oxygens (including phenoxy) is 1. The van der Waals surface area contributed by atoms with Crippen LogP contribution >= 0.6 is 0 Å². The van der Waals surface area contributed by atoms with Crippen LogP contribution in [0, 0.1) is 27.7 Å². The second kappa shape index (κ2) is 7.77. The summed E-state index contributed by atoms with van der Waals surface area (Å²) in [6.07, 6.45) is 0. The average Bonchev–Trinajstić information content (AvgIpc) is 2.56. The Kier molecular flexibility index (Phi) is 5.74. The summed E-state index contributed by atoms with van der Waals surface area (Å²) >= 11 is 0. The van der Waals surface area contributed by atoms with Gasteiger partial charge in [0.1, 0.15) is 0 Å². The Hall–Kier alpha value is -2.62. The van der Waals surface area contributed by atoms with Gasteiger partial charge in [-0.1, -0.05) is 24.3 Å². The molecule has 0 fully saturated rings. The molecule has 0 aliphatic carbocycles. The summed E-state index contributed by atoms with van der Waals surface area (Å²) in [5, 5.41) is 2.76. The zero-order valence-electron chi connectivity index (χ0n) is 14.6. The highest BCUT2D eigenvalue weighted by Gasteiger charge is 2.11. The van der Waals surface area contributed by atoms with Crippen LogP contribution in [0.5, 0.6) is 0 Å². The highest BCUT2D eigenvalue weighted by molar-refractivity contribution is 5.91. The van der Waals surface area contributed by atoms with Gasteiger partial charge in [-0.15, -0.1) is 0 Å². The van der Waals surface area contributed by atoms with Gasteiger partial charge < -0.3 is 10.1 Å². The Morgan fingerprint density at radius 2 is 1.50 bits per heavy atom. The van der Waals surface area contributed by atoms with Gasteiger partial charge in [-0.25, -0.2) is 4.79 Å². The molecule has 0 bridgehead atoms. The number of nitrogens with one attached hydrogen (secondary N) is 1. The molecule has 1 amide bonds. The van der Waals surface area contributed by atoms with Gasteiger partial charge in [0.2, 0.25) is 0 Å². The SMILES string of the molecule is Cc1ccc(CNC(=O)COC(=O)c2ccc(C)c(C)c2)cc1C.